The Kier molecular flexibility index (Phi) is 3.03. The molecule has 0 spiro atoms. The van der Waals surface area contributed by atoms with Gasteiger partial charge >= 0.3 is 0 Å². The van der Waals surface area contributed by atoms with E-state index in [2.05, 4.69) is 25.7 Å². The summed E-state index contributed by atoms with van der Waals surface area (Å²) in [6.45, 7) is 8.87. The van der Waals surface area contributed by atoms with E-state index in [4.69, 9.17) is 5.26 Å². The molecule has 2 heteroatoms. The quantitative estimate of drug-likeness (QED) is 0.502. The van der Waals surface area contributed by atoms with Crippen molar-refractivity contribution in [2.45, 2.75) is 59.0 Å². The van der Waals surface area contributed by atoms with E-state index in [-0.39, 0.29) is 5.60 Å². The fourth-order valence-electron chi connectivity index (χ4n) is 2.19. The lowest BCUT2D eigenvalue weighted by Gasteiger charge is -2.40. The predicted octanol–water partition coefficient (Wildman–Crippen LogP) is 3.47. The molecule has 1 aliphatic carbocycles. The van der Waals surface area contributed by atoms with E-state index in [1.165, 1.54) is 12.8 Å². The van der Waals surface area contributed by atoms with Crippen molar-refractivity contribution in [3.63, 3.8) is 0 Å². The van der Waals surface area contributed by atoms with Gasteiger partial charge in [0.25, 0.3) is 0 Å². The van der Waals surface area contributed by atoms with Gasteiger partial charge < -0.3 is 0 Å². The Hall–Kier alpha value is -0.0800. The van der Waals surface area contributed by atoms with Crippen molar-refractivity contribution >= 4 is 0 Å². The average molecular weight is 186 g/mol. The van der Waals surface area contributed by atoms with Gasteiger partial charge in [-0.3, -0.25) is 5.26 Å². The largest absolute Gasteiger partial charge is 0.251 e. The van der Waals surface area contributed by atoms with Crippen LogP contribution in [0.2, 0.25) is 0 Å². The van der Waals surface area contributed by atoms with Crippen molar-refractivity contribution < 1.29 is 10.1 Å². The van der Waals surface area contributed by atoms with Crippen molar-refractivity contribution in [1.82, 2.24) is 0 Å². The normalized spacial score (nSPS) is 36.2. The molecule has 1 rings (SSSR count). The first-order valence-electron chi connectivity index (χ1n) is 5.20. The first-order chi connectivity index (χ1) is 5.87. The van der Waals surface area contributed by atoms with Gasteiger partial charge in [0.1, 0.15) is 5.60 Å². The predicted molar refractivity (Wildman–Crippen MR) is 53.5 cm³/mol. The van der Waals surface area contributed by atoms with Crippen molar-refractivity contribution in [3.8, 4) is 0 Å². The molecule has 0 bridgehead atoms. The summed E-state index contributed by atoms with van der Waals surface area (Å²) in [5.74, 6) is 0.774. The molecule has 0 aromatic heterocycles. The highest BCUT2D eigenvalue weighted by atomic mass is 17.1. The average Bonchev–Trinajstić information content (AvgIpc) is 2.04. The summed E-state index contributed by atoms with van der Waals surface area (Å²) < 4.78 is 0. The molecule has 0 unspecified atom stereocenters. The van der Waals surface area contributed by atoms with Crippen molar-refractivity contribution in [2.24, 2.45) is 11.3 Å². The molecule has 1 saturated carbocycles. The van der Waals surface area contributed by atoms with E-state index in [0.717, 1.165) is 18.8 Å². The summed E-state index contributed by atoms with van der Waals surface area (Å²) in [6, 6.07) is 0. The van der Waals surface area contributed by atoms with Crippen molar-refractivity contribution in [1.29, 1.82) is 0 Å². The Bertz CT molecular complexity index is 161. The van der Waals surface area contributed by atoms with E-state index >= 15 is 0 Å². The smallest absolute Gasteiger partial charge is 0.101 e. The van der Waals surface area contributed by atoms with Gasteiger partial charge in [-0.25, -0.2) is 4.89 Å². The Morgan fingerprint density at radius 2 is 1.69 bits per heavy atom. The molecular formula is C11H22O2. The Labute approximate surface area is 81.2 Å². The highest BCUT2D eigenvalue weighted by molar-refractivity contribution is 4.86. The zero-order valence-electron chi connectivity index (χ0n) is 9.26. The SMILES string of the molecule is CC1(OO)CCC(C(C)(C)C)CC1. The molecule has 0 saturated heterocycles. The van der Waals surface area contributed by atoms with Crippen LogP contribution in [-0.2, 0) is 4.89 Å². The Morgan fingerprint density at radius 1 is 1.23 bits per heavy atom. The van der Waals surface area contributed by atoms with Gasteiger partial charge in [-0.2, -0.15) is 0 Å². The minimum atomic E-state index is -0.276. The van der Waals surface area contributed by atoms with E-state index in [1.807, 2.05) is 6.92 Å². The molecule has 0 radical (unpaired) electrons. The summed E-state index contributed by atoms with van der Waals surface area (Å²) in [6.07, 6.45) is 4.29. The fraction of sp³-hybridized carbons (Fsp3) is 1.00. The van der Waals surface area contributed by atoms with Gasteiger partial charge in [0.05, 0.1) is 0 Å². The van der Waals surface area contributed by atoms with Crippen LogP contribution in [0.4, 0.5) is 0 Å². The molecular weight excluding hydrogens is 164 g/mol. The first kappa shape index (κ1) is 11.0. The molecule has 0 atom stereocenters. The lowest BCUT2D eigenvalue weighted by atomic mass is 9.69. The second-order valence-electron chi connectivity index (χ2n) is 5.68. The molecule has 0 amide bonds. The number of hydrogen-bond donors (Lipinski definition) is 1. The Morgan fingerprint density at radius 3 is 2.00 bits per heavy atom. The Balaban J connectivity index is 2.48. The van der Waals surface area contributed by atoms with Crippen LogP contribution in [0.3, 0.4) is 0 Å². The van der Waals surface area contributed by atoms with Gasteiger partial charge in [0.15, 0.2) is 0 Å². The molecule has 0 aromatic rings. The second kappa shape index (κ2) is 3.58. The molecule has 13 heavy (non-hydrogen) atoms. The van der Waals surface area contributed by atoms with Gasteiger partial charge in [-0.05, 0) is 43.9 Å². The van der Waals surface area contributed by atoms with E-state index in [0.29, 0.717) is 5.41 Å². The molecule has 78 valence electrons. The maximum absolute atomic E-state index is 8.74. The first-order valence-corrected chi connectivity index (χ1v) is 5.20. The maximum Gasteiger partial charge on any atom is 0.101 e. The fourth-order valence-corrected chi connectivity index (χ4v) is 2.19. The standard InChI is InChI=1S/C11H22O2/c1-10(2,3)9-5-7-11(4,13-12)8-6-9/h9,12H,5-8H2,1-4H3. The van der Waals surface area contributed by atoms with E-state index in [1.54, 1.807) is 0 Å². The van der Waals surface area contributed by atoms with Gasteiger partial charge in [-0.15, -0.1) is 0 Å². The maximum atomic E-state index is 8.74. The van der Waals surface area contributed by atoms with Gasteiger partial charge in [0, 0.05) is 0 Å². The zero-order valence-corrected chi connectivity index (χ0v) is 9.26. The van der Waals surface area contributed by atoms with Gasteiger partial charge in [0.2, 0.25) is 0 Å². The second-order valence-corrected chi connectivity index (χ2v) is 5.68. The summed E-state index contributed by atoms with van der Waals surface area (Å²) >= 11 is 0. The summed E-state index contributed by atoms with van der Waals surface area (Å²) in [4.78, 5) is 4.54. The number of hydrogen-bond acceptors (Lipinski definition) is 2. The lowest BCUT2D eigenvalue weighted by molar-refractivity contribution is -0.327. The lowest BCUT2D eigenvalue weighted by Crippen LogP contribution is -2.36. The molecule has 0 aromatic carbocycles. The van der Waals surface area contributed by atoms with Crippen LogP contribution in [-0.4, -0.2) is 10.9 Å². The molecule has 1 aliphatic rings. The molecule has 1 fully saturated rings. The summed E-state index contributed by atoms with van der Waals surface area (Å²) in [5, 5.41) is 8.74. The molecule has 0 aliphatic heterocycles. The van der Waals surface area contributed by atoms with Crippen LogP contribution >= 0.6 is 0 Å². The van der Waals surface area contributed by atoms with Crippen LogP contribution in [0.5, 0.6) is 0 Å². The minimum Gasteiger partial charge on any atom is -0.251 e. The van der Waals surface area contributed by atoms with Crippen molar-refractivity contribution in [2.75, 3.05) is 0 Å². The highest BCUT2D eigenvalue weighted by Crippen LogP contribution is 2.42. The van der Waals surface area contributed by atoms with Crippen LogP contribution < -0.4 is 0 Å². The van der Waals surface area contributed by atoms with Crippen LogP contribution in [0.25, 0.3) is 0 Å². The third-order valence-corrected chi connectivity index (χ3v) is 3.49. The molecule has 2 nitrogen and oxygen atoms in total. The summed E-state index contributed by atoms with van der Waals surface area (Å²) in [5.41, 5.74) is 0.124. The monoisotopic (exact) mass is 186 g/mol. The third-order valence-electron chi connectivity index (χ3n) is 3.49. The summed E-state index contributed by atoms with van der Waals surface area (Å²) in [7, 11) is 0. The topological polar surface area (TPSA) is 29.5 Å². The zero-order chi connectivity index (χ0) is 10.1. The molecule has 1 N–H and O–H groups in total. The minimum absolute atomic E-state index is 0.276. The molecule has 0 heterocycles. The van der Waals surface area contributed by atoms with Crippen LogP contribution in [0.15, 0.2) is 0 Å². The highest BCUT2D eigenvalue weighted by Gasteiger charge is 2.36. The van der Waals surface area contributed by atoms with Crippen LogP contribution in [0, 0.1) is 11.3 Å². The van der Waals surface area contributed by atoms with Crippen LogP contribution in [0.1, 0.15) is 53.4 Å². The van der Waals surface area contributed by atoms with E-state index < -0.39 is 0 Å². The third kappa shape index (κ3) is 2.68. The van der Waals surface area contributed by atoms with Gasteiger partial charge in [-0.1, -0.05) is 20.8 Å². The van der Waals surface area contributed by atoms with E-state index in [9.17, 15) is 0 Å². The van der Waals surface area contributed by atoms with Crippen molar-refractivity contribution in [3.05, 3.63) is 0 Å². The number of rotatable bonds is 1.